The minimum atomic E-state index is -0.352. The Kier molecular flexibility index (Phi) is 8.76. The Morgan fingerprint density at radius 1 is 1.12 bits per heavy atom. The number of aromatic nitrogens is 1. The van der Waals surface area contributed by atoms with Crippen molar-refractivity contribution in [2.75, 3.05) is 40.0 Å². The normalized spacial score (nSPS) is 14.6. The van der Waals surface area contributed by atoms with Crippen LogP contribution in [0.15, 0.2) is 18.2 Å². The highest BCUT2D eigenvalue weighted by Gasteiger charge is 2.25. The molecule has 1 saturated heterocycles. The molecule has 1 aromatic carbocycles. The van der Waals surface area contributed by atoms with Crippen molar-refractivity contribution in [2.45, 2.75) is 59.4 Å². The Balaban J connectivity index is 1.98. The van der Waals surface area contributed by atoms with Crippen LogP contribution in [0.4, 0.5) is 0 Å². The number of carbonyl (C=O) groups is 1. The Morgan fingerprint density at radius 3 is 2.50 bits per heavy atom. The Hall–Kier alpha value is -2.31. The van der Waals surface area contributed by atoms with Crippen molar-refractivity contribution < 1.29 is 14.3 Å². The summed E-state index contributed by atoms with van der Waals surface area (Å²) in [4.78, 5) is 15.1. The van der Waals surface area contributed by atoms with Crippen LogP contribution in [0.2, 0.25) is 0 Å². The number of amides is 1. The van der Waals surface area contributed by atoms with Gasteiger partial charge in [-0.1, -0.05) is 25.8 Å². The van der Waals surface area contributed by atoms with Gasteiger partial charge in [-0.15, -0.1) is 0 Å². The van der Waals surface area contributed by atoms with Crippen molar-refractivity contribution in [1.82, 2.24) is 9.47 Å². The molecule has 3 rings (SSSR count). The number of ether oxygens (including phenoxy) is 2. The average molecular weight is 442 g/mol. The molecule has 32 heavy (non-hydrogen) atoms. The van der Waals surface area contributed by atoms with Crippen LogP contribution in [-0.4, -0.2) is 55.3 Å². The third kappa shape index (κ3) is 5.54. The number of methoxy groups -OCH3 is 1. The maximum atomic E-state index is 12.6. The molecule has 176 valence electrons. The van der Waals surface area contributed by atoms with E-state index in [0.717, 1.165) is 93.2 Å². The number of hydrogen-bond donors (Lipinski definition) is 1. The molecule has 1 aliphatic rings. The third-order valence-corrected chi connectivity index (χ3v) is 6.54. The summed E-state index contributed by atoms with van der Waals surface area (Å²) in [5.41, 5.74) is 11.9. The average Bonchev–Trinajstić information content (AvgIpc) is 3.06. The number of primary amides is 1. The molecule has 1 aromatic heterocycles. The first kappa shape index (κ1) is 24.3. The summed E-state index contributed by atoms with van der Waals surface area (Å²) in [6, 6.07) is 6.15. The predicted octanol–water partition coefficient (Wildman–Crippen LogP) is 4.33. The topological polar surface area (TPSA) is 69.7 Å². The third-order valence-electron chi connectivity index (χ3n) is 6.54. The second-order valence-electron chi connectivity index (χ2n) is 8.75. The Morgan fingerprint density at radius 2 is 1.88 bits per heavy atom. The molecule has 0 bridgehead atoms. The zero-order valence-corrected chi connectivity index (χ0v) is 20.2. The summed E-state index contributed by atoms with van der Waals surface area (Å²) in [6.07, 6.45) is 5.42. The van der Waals surface area contributed by atoms with Gasteiger partial charge in [-0.2, -0.15) is 0 Å². The van der Waals surface area contributed by atoms with Gasteiger partial charge in [-0.3, -0.25) is 9.69 Å². The van der Waals surface area contributed by atoms with Crippen molar-refractivity contribution in [1.29, 1.82) is 0 Å². The van der Waals surface area contributed by atoms with Crippen molar-refractivity contribution in [3.8, 4) is 16.9 Å². The van der Waals surface area contributed by atoms with E-state index in [-0.39, 0.29) is 5.91 Å². The second-order valence-corrected chi connectivity index (χ2v) is 8.75. The number of rotatable bonds is 11. The molecular weight excluding hydrogens is 402 g/mol. The summed E-state index contributed by atoms with van der Waals surface area (Å²) in [7, 11) is 1.68. The molecule has 2 N–H and O–H groups in total. The molecule has 6 nitrogen and oxygen atoms in total. The van der Waals surface area contributed by atoms with Gasteiger partial charge in [-0.05, 0) is 56.4 Å². The highest BCUT2D eigenvalue weighted by molar-refractivity contribution is 6.02. The molecule has 2 aromatic rings. The molecule has 0 atom stereocenters. The molecule has 1 fully saturated rings. The first-order valence-corrected chi connectivity index (χ1v) is 11.9. The lowest BCUT2D eigenvalue weighted by molar-refractivity contribution is 0.0369. The quantitative estimate of drug-likeness (QED) is 0.527. The van der Waals surface area contributed by atoms with Crippen LogP contribution in [0.25, 0.3) is 11.1 Å². The summed E-state index contributed by atoms with van der Waals surface area (Å²) >= 11 is 0. The second kappa shape index (κ2) is 11.5. The van der Waals surface area contributed by atoms with E-state index in [4.69, 9.17) is 15.2 Å². The van der Waals surface area contributed by atoms with Crippen LogP contribution in [0.3, 0.4) is 0 Å². The lowest BCUT2D eigenvalue weighted by Crippen LogP contribution is -2.37. The molecule has 1 amide bonds. The maximum Gasteiger partial charge on any atom is 0.251 e. The Labute approximate surface area is 192 Å². The van der Waals surface area contributed by atoms with Gasteiger partial charge in [0, 0.05) is 43.1 Å². The van der Waals surface area contributed by atoms with Crippen molar-refractivity contribution in [3.63, 3.8) is 0 Å². The molecule has 0 unspecified atom stereocenters. The van der Waals surface area contributed by atoms with Crippen LogP contribution in [0.5, 0.6) is 5.75 Å². The molecule has 6 heteroatoms. The Bertz CT molecular complexity index is 914. The number of carbonyl (C=O) groups excluding carboxylic acids is 1. The van der Waals surface area contributed by atoms with E-state index in [1.165, 1.54) is 12.1 Å². The van der Waals surface area contributed by atoms with E-state index in [0.29, 0.717) is 5.56 Å². The number of nitrogens with zero attached hydrogens (tertiary/aromatic N) is 2. The molecule has 0 spiro atoms. The summed E-state index contributed by atoms with van der Waals surface area (Å²) in [6.45, 7) is 11.9. The van der Waals surface area contributed by atoms with Gasteiger partial charge < -0.3 is 19.8 Å². The van der Waals surface area contributed by atoms with Crippen molar-refractivity contribution in [2.24, 2.45) is 5.73 Å². The van der Waals surface area contributed by atoms with Crippen LogP contribution >= 0.6 is 0 Å². The first-order valence-electron chi connectivity index (χ1n) is 11.9. The molecule has 0 aliphatic carbocycles. The van der Waals surface area contributed by atoms with E-state index in [9.17, 15) is 4.79 Å². The number of aryl methyl sites for hydroxylation is 1. The zero-order valence-electron chi connectivity index (χ0n) is 20.2. The lowest BCUT2D eigenvalue weighted by Gasteiger charge is -2.26. The number of hydrogen-bond acceptors (Lipinski definition) is 4. The lowest BCUT2D eigenvalue weighted by atomic mass is 9.96. The highest BCUT2D eigenvalue weighted by atomic mass is 16.5. The summed E-state index contributed by atoms with van der Waals surface area (Å²) in [5, 5.41) is 0. The number of benzene rings is 1. The molecular formula is C26H39N3O3. The minimum absolute atomic E-state index is 0.352. The van der Waals surface area contributed by atoms with Gasteiger partial charge >= 0.3 is 0 Å². The predicted molar refractivity (Wildman–Crippen MR) is 130 cm³/mol. The first-order chi connectivity index (χ1) is 15.5. The number of unbranched alkanes of at least 4 members (excludes halogenated alkanes) is 2. The largest absolute Gasteiger partial charge is 0.496 e. The molecule has 2 heterocycles. The number of nitrogens with two attached hydrogens (primary N) is 1. The van der Waals surface area contributed by atoms with E-state index in [1.54, 1.807) is 7.11 Å². The van der Waals surface area contributed by atoms with E-state index < -0.39 is 0 Å². The number of morpholine rings is 1. The van der Waals surface area contributed by atoms with Gasteiger partial charge in [0.15, 0.2) is 0 Å². The highest BCUT2D eigenvalue weighted by Crippen LogP contribution is 2.36. The zero-order chi connectivity index (χ0) is 23.1. The van der Waals surface area contributed by atoms with E-state index >= 15 is 0 Å². The van der Waals surface area contributed by atoms with Crippen molar-refractivity contribution >= 4 is 5.91 Å². The summed E-state index contributed by atoms with van der Waals surface area (Å²) in [5.74, 6) is 0.498. The van der Waals surface area contributed by atoms with Gasteiger partial charge in [-0.25, -0.2) is 0 Å². The fourth-order valence-electron chi connectivity index (χ4n) is 4.83. The fraction of sp³-hybridized carbons (Fsp3) is 0.577. The SMILES string of the molecule is CCCCCc1c(-c2ccc(OC)c(C)c2)c(C(N)=O)c(C)n1CCCN1CCOCC1. The molecule has 1 aliphatic heterocycles. The van der Waals surface area contributed by atoms with Crippen LogP contribution < -0.4 is 10.5 Å². The molecule has 0 saturated carbocycles. The monoisotopic (exact) mass is 441 g/mol. The van der Waals surface area contributed by atoms with Crippen LogP contribution in [-0.2, 0) is 17.7 Å². The smallest absolute Gasteiger partial charge is 0.251 e. The van der Waals surface area contributed by atoms with Crippen molar-refractivity contribution in [3.05, 3.63) is 40.7 Å². The van der Waals surface area contributed by atoms with Crippen LogP contribution in [0, 0.1) is 13.8 Å². The van der Waals surface area contributed by atoms with Gasteiger partial charge in [0.05, 0.1) is 25.9 Å². The van der Waals surface area contributed by atoms with Gasteiger partial charge in [0.2, 0.25) is 0 Å². The fourth-order valence-corrected chi connectivity index (χ4v) is 4.83. The van der Waals surface area contributed by atoms with E-state index in [1.807, 2.05) is 19.9 Å². The standard InChI is InChI=1S/C26H39N3O3/c1-5-6-7-9-22-25(21-10-11-23(31-4)19(2)18-21)24(26(27)30)20(3)29(22)13-8-12-28-14-16-32-17-15-28/h10-11,18H,5-9,12-17H2,1-4H3,(H2,27,30). The maximum absolute atomic E-state index is 12.6. The van der Waals surface area contributed by atoms with Gasteiger partial charge in [0.25, 0.3) is 5.91 Å². The van der Waals surface area contributed by atoms with E-state index in [2.05, 4.69) is 28.5 Å². The molecule has 0 radical (unpaired) electrons. The summed E-state index contributed by atoms with van der Waals surface area (Å²) < 4.78 is 13.3. The minimum Gasteiger partial charge on any atom is -0.496 e. The van der Waals surface area contributed by atoms with Gasteiger partial charge in [0.1, 0.15) is 5.75 Å². The van der Waals surface area contributed by atoms with Crippen LogP contribution in [0.1, 0.15) is 59.9 Å².